The van der Waals surface area contributed by atoms with Gasteiger partial charge in [-0.05, 0) is 17.5 Å². The molecule has 0 radical (unpaired) electrons. The highest BCUT2D eigenvalue weighted by Gasteiger charge is 2.03. The van der Waals surface area contributed by atoms with Crippen LogP contribution < -0.4 is 10.5 Å². The minimum Gasteiger partial charge on any atom is -0.476 e. The van der Waals surface area contributed by atoms with E-state index in [0.29, 0.717) is 19.0 Å². The number of nitrogens with two attached hydrogens (primary N) is 1. The molecule has 2 heterocycles. The first-order chi connectivity index (χ1) is 7.90. The van der Waals surface area contributed by atoms with Crippen LogP contribution in [0.1, 0.15) is 10.4 Å². The van der Waals surface area contributed by atoms with Crippen molar-refractivity contribution in [2.75, 3.05) is 6.61 Å². The van der Waals surface area contributed by atoms with Gasteiger partial charge < -0.3 is 10.5 Å². The van der Waals surface area contributed by atoms with Crippen molar-refractivity contribution in [2.45, 2.75) is 13.0 Å². The molecule has 2 aromatic rings. The molecule has 2 rings (SSSR count). The summed E-state index contributed by atoms with van der Waals surface area (Å²) >= 11 is 1.73. The fourth-order valence-electron chi connectivity index (χ4n) is 1.32. The summed E-state index contributed by atoms with van der Waals surface area (Å²) in [5, 5.41) is 9.76. The van der Waals surface area contributed by atoms with Crippen molar-refractivity contribution in [3.63, 3.8) is 0 Å². The van der Waals surface area contributed by atoms with Gasteiger partial charge in [-0.2, -0.15) is 5.10 Å². The minimum absolute atomic E-state index is 0.420. The maximum Gasteiger partial charge on any atom is 0.237 e. The molecule has 2 aromatic heterocycles. The molecule has 16 heavy (non-hydrogen) atoms. The molecule has 2 N–H and O–H groups in total. The zero-order valence-electron chi connectivity index (χ0n) is 8.80. The van der Waals surface area contributed by atoms with Gasteiger partial charge in [0.1, 0.15) is 0 Å². The molecule has 0 unspecified atom stereocenters. The minimum atomic E-state index is 0.420. The molecule has 84 valence electrons. The Kier molecular flexibility index (Phi) is 3.85. The highest BCUT2D eigenvalue weighted by Crippen LogP contribution is 2.14. The van der Waals surface area contributed by atoms with E-state index in [-0.39, 0.29) is 0 Å². The molecule has 0 spiro atoms. The van der Waals surface area contributed by atoms with E-state index in [0.717, 1.165) is 12.0 Å². The first-order valence-corrected chi connectivity index (χ1v) is 5.94. The van der Waals surface area contributed by atoms with E-state index in [4.69, 9.17) is 10.5 Å². The summed E-state index contributed by atoms with van der Waals surface area (Å²) in [5.41, 5.74) is 6.46. The molecular formula is C11H13N3OS. The number of ether oxygens (including phenoxy) is 1. The van der Waals surface area contributed by atoms with Gasteiger partial charge in [-0.25, -0.2) is 0 Å². The van der Waals surface area contributed by atoms with Crippen molar-refractivity contribution in [1.29, 1.82) is 0 Å². The number of nitrogens with zero attached hydrogens (tertiary/aromatic N) is 2. The van der Waals surface area contributed by atoms with E-state index >= 15 is 0 Å². The van der Waals surface area contributed by atoms with Crippen molar-refractivity contribution in [1.82, 2.24) is 10.2 Å². The van der Waals surface area contributed by atoms with Gasteiger partial charge in [0.05, 0.1) is 12.8 Å². The van der Waals surface area contributed by atoms with Crippen LogP contribution in [0.2, 0.25) is 0 Å². The van der Waals surface area contributed by atoms with E-state index in [9.17, 15) is 0 Å². The van der Waals surface area contributed by atoms with Crippen molar-refractivity contribution >= 4 is 11.3 Å². The lowest BCUT2D eigenvalue weighted by molar-refractivity contribution is 0.303. The topological polar surface area (TPSA) is 61.0 Å². The van der Waals surface area contributed by atoms with E-state index < -0.39 is 0 Å². The fraction of sp³-hybridized carbons (Fsp3) is 0.273. The highest BCUT2D eigenvalue weighted by molar-refractivity contribution is 7.09. The Labute approximate surface area is 98.1 Å². The molecule has 0 atom stereocenters. The quantitative estimate of drug-likeness (QED) is 0.855. The van der Waals surface area contributed by atoms with Crippen LogP contribution in [0.4, 0.5) is 0 Å². The van der Waals surface area contributed by atoms with E-state index in [2.05, 4.69) is 21.6 Å². The first-order valence-electron chi connectivity index (χ1n) is 5.06. The van der Waals surface area contributed by atoms with Crippen LogP contribution in [0, 0.1) is 0 Å². The predicted molar refractivity (Wildman–Crippen MR) is 63.4 cm³/mol. The van der Waals surface area contributed by atoms with Crippen molar-refractivity contribution in [3.8, 4) is 5.88 Å². The van der Waals surface area contributed by atoms with Crippen LogP contribution in [0.25, 0.3) is 0 Å². The second kappa shape index (κ2) is 5.58. The van der Waals surface area contributed by atoms with Gasteiger partial charge in [0.25, 0.3) is 0 Å². The zero-order chi connectivity index (χ0) is 11.2. The lowest BCUT2D eigenvalue weighted by Gasteiger charge is -2.06. The second-order valence-corrected chi connectivity index (χ2v) is 4.28. The summed E-state index contributed by atoms with van der Waals surface area (Å²) in [4.78, 5) is 1.30. The normalized spacial score (nSPS) is 10.3. The summed E-state index contributed by atoms with van der Waals surface area (Å²) < 4.78 is 5.55. The van der Waals surface area contributed by atoms with Crippen molar-refractivity contribution < 1.29 is 4.74 Å². The third kappa shape index (κ3) is 2.77. The molecule has 0 fully saturated rings. The summed E-state index contributed by atoms with van der Waals surface area (Å²) in [7, 11) is 0. The first kappa shape index (κ1) is 11.0. The Balaban J connectivity index is 1.89. The summed E-state index contributed by atoms with van der Waals surface area (Å²) in [6.45, 7) is 1.02. The van der Waals surface area contributed by atoms with Crippen molar-refractivity contribution in [3.05, 3.63) is 40.2 Å². The SMILES string of the molecule is NCc1ccnnc1OCCc1cccs1. The summed E-state index contributed by atoms with van der Waals surface area (Å²) in [6.07, 6.45) is 2.51. The fourth-order valence-corrected chi connectivity index (χ4v) is 2.01. The van der Waals surface area contributed by atoms with Crippen LogP contribution >= 0.6 is 11.3 Å². The largest absolute Gasteiger partial charge is 0.476 e. The van der Waals surface area contributed by atoms with E-state index in [1.807, 2.05) is 12.1 Å². The molecular weight excluding hydrogens is 222 g/mol. The summed E-state index contributed by atoms with van der Waals surface area (Å²) in [6, 6.07) is 5.95. The van der Waals surface area contributed by atoms with Crippen LogP contribution in [0.3, 0.4) is 0 Å². The Morgan fingerprint density at radius 1 is 1.38 bits per heavy atom. The maximum atomic E-state index is 5.57. The average Bonchev–Trinajstić information content (AvgIpc) is 2.83. The lowest BCUT2D eigenvalue weighted by atomic mass is 10.3. The van der Waals surface area contributed by atoms with E-state index in [1.54, 1.807) is 17.5 Å². The van der Waals surface area contributed by atoms with Gasteiger partial charge in [0.15, 0.2) is 0 Å². The van der Waals surface area contributed by atoms with Crippen LogP contribution in [-0.2, 0) is 13.0 Å². The third-order valence-electron chi connectivity index (χ3n) is 2.15. The molecule has 4 nitrogen and oxygen atoms in total. The monoisotopic (exact) mass is 235 g/mol. The number of hydrogen-bond acceptors (Lipinski definition) is 5. The molecule has 0 amide bonds. The van der Waals surface area contributed by atoms with Gasteiger partial charge >= 0.3 is 0 Å². The van der Waals surface area contributed by atoms with Crippen molar-refractivity contribution in [2.24, 2.45) is 5.73 Å². The van der Waals surface area contributed by atoms with Gasteiger partial charge in [-0.3, -0.25) is 0 Å². The van der Waals surface area contributed by atoms with Gasteiger partial charge in [-0.1, -0.05) is 6.07 Å². The predicted octanol–water partition coefficient (Wildman–Crippen LogP) is 1.62. The zero-order valence-corrected chi connectivity index (χ0v) is 9.61. The smallest absolute Gasteiger partial charge is 0.237 e. The average molecular weight is 235 g/mol. The lowest BCUT2D eigenvalue weighted by Crippen LogP contribution is -2.07. The number of aromatic nitrogens is 2. The molecule has 0 bridgehead atoms. The maximum absolute atomic E-state index is 5.57. The molecule has 0 saturated heterocycles. The number of rotatable bonds is 5. The Morgan fingerprint density at radius 3 is 3.06 bits per heavy atom. The second-order valence-electron chi connectivity index (χ2n) is 3.24. The Bertz CT molecular complexity index is 431. The van der Waals surface area contributed by atoms with E-state index in [1.165, 1.54) is 4.88 Å². The number of thiophene rings is 1. The Morgan fingerprint density at radius 2 is 2.31 bits per heavy atom. The summed E-state index contributed by atoms with van der Waals surface area (Å²) in [5.74, 6) is 0.543. The van der Waals surface area contributed by atoms with Crippen LogP contribution in [0.5, 0.6) is 5.88 Å². The molecule has 0 saturated carbocycles. The molecule has 5 heteroatoms. The highest BCUT2D eigenvalue weighted by atomic mass is 32.1. The molecule has 0 aromatic carbocycles. The third-order valence-corrected chi connectivity index (χ3v) is 3.09. The molecule has 0 aliphatic heterocycles. The standard InChI is InChI=1S/C11H13N3OS/c12-8-9-3-5-13-14-11(9)15-6-4-10-2-1-7-16-10/h1-3,5,7H,4,6,8,12H2. The van der Waals surface area contributed by atoms with Crippen LogP contribution in [0.15, 0.2) is 29.8 Å². The molecule has 0 aliphatic rings. The van der Waals surface area contributed by atoms with Gasteiger partial charge in [-0.15, -0.1) is 16.4 Å². The Hall–Kier alpha value is -1.46. The number of hydrogen-bond donors (Lipinski definition) is 1. The van der Waals surface area contributed by atoms with Gasteiger partial charge in [0.2, 0.25) is 5.88 Å². The van der Waals surface area contributed by atoms with Gasteiger partial charge in [0, 0.05) is 23.4 Å². The molecule has 0 aliphatic carbocycles. The van der Waals surface area contributed by atoms with Crippen LogP contribution in [-0.4, -0.2) is 16.8 Å².